The van der Waals surface area contributed by atoms with E-state index in [1.165, 1.54) is 17.5 Å². The number of benzene rings is 1. The van der Waals surface area contributed by atoms with Gasteiger partial charge in [0.2, 0.25) is 0 Å². The highest BCUT2D eigenvalue weighted by atomic mass is 16.5. The third-order valence-electron chi connectivity index (χ3n) is 4.62. The molecule has 0 bridgehead atoms. The van der Waals surface area contributed by atoms with E-state index in [-0.39, 0.29) is 0 Å². The summed E-state index contributed by atoms with van der Waals surface area (Å²) in [5.74, 6) is 0. The number of hydrogen-bond acceptors (Lipinski definition) is 4. The molecule has 1 aliphatic heterocycles. The van der Waals surface area contributed by atoms with Crippen LogP contribution in [-0.2, 0) is 11.3 Å². The molecule has 0 spiro atoms. The van der Waals surface area contributed by atoms with Gasteiger partial charge in [-0.05, 0) is 24.6 Å². The van der Waals surface area contributed by atoms with Crippen LogP contribution >= 0.6 is 0 Å². The largest absolute Gasteiger partial charge is 0.380 e. The molecular formula is C17H29N3O. The van der Waals surface area contributed by atoms with Gasteiger partial charge in [-0.25, -0.2) is 0 Å². The smallest absolute Gasteiger partial charge is 0.0713 e. The molecule has 1 fully saturated rings. The lowest BCUT2D eigenvalue weighted by Crippen LogP contribution is -2.53. The Kier molecular flexibility index (Phi) is 6.18. The van der Waals surface area contributed by atoms with Crippen LogP contribution in [0.1, 0.15) is 30.5 Å². The number of rotatable bonds is 6. The number of nitrogens with zero attached hydrogens (tertiary/aromatic N) is 2. The van der Waals surface area contributed by atoms with Crippen molar-refractivity contribution in [1.29, 1.82) is 0 Å². The summed E-state index contributed by atoms with van der Waals surface area (Å²) < 4.78 is 5.17. The standard InChI is InChI=1S/C17H29N3O/c1-4-16-12-20(10-9-19(16)2)17(11-18)15-7-5-14(6-8-15)13-21-3/h5-8,16-17H,4,9-13,18H2,1-3H3. The first-order chi connectivity index (χ1) is 10.2. The second kappa shape index (κ2) is 7.90. The molecule has 118 valence electrons. The van der Waals surface area contributed by atoms with Crippen molar-refractivity contribution in [3.8, 4) is 0 Å². The molecule has 0 saturated carbocycles. The van der Waals surface area contributed by atoms with Gasteiger partial charge in [0.1, 0.15) is 0 Å². The lowest BCUT2D eigenvalue weighted by Gasteiger charge is -2.42. The Morgan fingerprint density at radius 3 is 2.57 bits per heavy atom. The fourth-order valence-electron chi connectivity index (χ4n) is 3.19. The summed E-state index contributed by atoms with van der Waals surface area (Å²) in [5, 5.41) is 0. The van der Waals surface area contributed by atoms with Gasteiger partial charge >= 0.3 is 0 Å². The average Bonchev–Trinajstić information content (AvgIpc) is 2.51. The van der Waals surface area contributed by atoms with Crippen LogP contribution in [0.5, 0.6) is 0 Å². The van der Waals surface area contributed by atoms with Crippen LogP contribution in [0.4, 0.5) is 0 Å². The van der Waals surface area contributed by atoms with Crippen molar-refractivity contribution in [2.75, 3.05) is 40.3 Å². The second-order valence-corrected chi connectivity index (χ2v) is 5.96. The van der Waals surface area contributed by atoms with E-state index >= 15 is 0 Å². The predicted octanol–water partition coefficient (Wildman–Crippen LogP) is 1.86. The average molecular weight is 291 g/mol. The van der Waals surface area contributed by atoms with Gasteiger partial charge in [0.15, 0.2) is 0 Å². The van der Waals surface area contributed by atoms with E-state index in [0.717, 1.165) is 19.6 Å². The van der Waals surface area contributed by atoms with Gasteiger partial charge in [-0.2, -0.15) is 0 Å². The maximum Gasteiger partial charge on any atom is 0.0713 e. The van der Waals surface area contributed by atoms with Gasteiger partial charge in [0.05, 0.1) is 6.61 Å². The second-order valence-electron chi connectivity index (χ2n) is 5.96. The molecule has 2 N–H and O–H groups in total. The number of nitrogens with two attached hydrogens (primary N) is 1. The van der Waals surface area contributed by atoms with Crippen LogP contribution < -0.4 is 5.73 Å². The zero-order valence-electron chi connectivity index (χ0n) is 13.6. The van der Waals surface area contributed by atoms with Crippen LogP contribution in [0.2, 0.25) is 0 Å². The highest BCUT2D eigenvalue weighted by Crippen LogP contribution is 2.24. The Morgan fingerprint density at radius 1 is 1.29 bits per heavy atom. The van der Waals surface area contributed by atoms with E-state index < -0.39 is 0 Å². The third kappa shape index (κ3) is 4.04. The fraction of sp³-hybridized carbons (Fsp3) is 0.647. The van der Waals surface area contributed by atoms with E-state index in [4.69, 9.17) is 10.5 Å². The van der Waals surface area contributed by atoms with Crippen LogP contribution in [-0.4, -0.2) is 56.2 Å². The minimum absolute atomic E-state index is 0.323. The van der Waals surface area contributed by atoms with Gasteiger partial charge in [-0.3, -0.25) is 4.90 Å². The number of methoxy groups -OCH3 is 1. The molecule has 2 unspecified atom stereocenters. The molecule has 0 aromatic heterocycles. The van der Waals surface area contributed by atoms with Crippen LogP contribution in [0, 0.1) is 0 Å². The summed E-state index contributed by atoms with van der Waals surface area (Å²) in [4.78, 5) is 5.01. The first kappa shape index (κ1) is 16.4. The van der Waals surface area contributed by atoms with Crippen molar-refractivity contribution in [3.63, 3.8) is 0 Å². The van der Waals surface area contributed by atoms with Crippen LogP contribution in [0.3, 0.4) is 0 Å². The Bertz CT molecular complexity index is 421. The lowest BCUT2D eigenvalue weighted by molar-refractivity contribution is 0.0644. The van der Waals surface area contributed by atoms with E-state index in [0.29, 0.717) is 25.2 Å². The maximum atomic E-state index is 6.07. The number of ether oxygens (including phenoxy) is 1. The van der Waals surface area contributed by atoms with Crippen molar-refractivity contribution in [2.45, 2.75) is 32.0 Å². The predicted molar refractivity (Wildman–Crippen MR) is 87.2 cm³/mol. The van der Waals surface area contributed by atoms with E-state index in [1.54, 1.807) is 7.11 Å². The molecule has 1 aromatic carbocycles. The molecule has 2 rings (SSSR count). The molecular weight excluding hydrogens is 262 g/mol. The molecule has 1 heterocycles. The first-order valence-corrected chi connectivity index (χ1v) is 7.91. The van der Waals surface area contributed by atoms with Gasteiger partial charge < -0.3 is 15.4 Å². The Balaban J connectivity index is 2.08. The third-order valence-corrected chi connectivity index (χ3v) is 4.62. The molecule has 21 heavy (non-hydrogen) atoms. The summed E-state index contributed by atoms with van der Waals surface area (Å²) in [7, 11) is 3.95. The van der Waals surface area contributed by atoms with Crippen molar-refractivity contribution in [2.24, 2.45) is 5.73 Å². The van der Waals surface area contributed by atoms with Crippen molar-refractivity contribution < 1.29 is 4.74 Å². The number of hydrogen-bond donors (Lipinski definition) is 1. The summed E-state index contributed by atoms with van der Waals surface area (Å²) in [6.45, 7) is 6.92. The zero-order chi connectivity index (χ0) is 15.2. The SMILES string of the molecule is CCC1CN(C(CN)c2ccc(COC)cc2)CCN1C. The maximum absolute atomic E-state index is 6.07. The lowest BCUT2D eigenvalue weighted by atomic mass is 10.0. The molecule has 0 aliphatic carbocycles. The highest BCUT2D eigenvalue weighted by Gasteiger charge is 2.28. The molecule has 1 aliphatic rings. The monoisotopic (exact) mass is 291 g/mol. The van der Waals surface area contributed by atoms with Crippen LogP contribution in [0.25, 0.3) is 0 Å². The normalized spacial score (nSPS) is 22.4. The quantitative estimate of drug-likeness (QED) is 0.868. The topological polar surface area (TPSA) is 41.7 Å². The Hall–Kier alpha value is -0.940. The highest BCUT2D eigenvalue weighted by molar-refractivity contribution is 5.25. The number of piperazine rings is 1. The molecule has 1 saturated heterocycles. The number of likely N-dealkylation sites (N-methyl/N-ethyl adjacent to an activating group) is 1. The summed E-state index contributed by atoms with van der Waals surface area (Å²) in [6, 6.07) is 9.66. The zero-order valence-corrected chi connectivity index (χ0v) is 13.6. The van der Waals surface area contributed by atoms with Crippen molar-refractivity contribution >= 4 is 0 Å². The van der Waals surface area contributed by atoms with Gasteiger partial charge in [-0.15, -0.1) is 0 Å². The van der Waals surface area contributed by atoms with E-state index in [2.05, 4.69) is 48.0 Å². The molecule has 1 aromatic rings. The molecule has 4 heteroatoms. The summed E-state index contributed by atoms with van der Waals surface area (Å²) in [5.41, 5.74) is 8.60. The Labute approximate surface area is 128 Å². The van der Waals surface area contributed by atoms with Gasteiger partial charge in [-0.1, -0.05) is 31.2 Å². The van der Waals surface area contributed by atoms with Gasteiger partial charge in [0, 0.05) is 45.4 Å². The Morgan fingerprint density at radius 2 is 2.00 bits per heavy atom. The molecule has 2 atom stereocenters. The van der Waals surface area contributed by atoms with Crippen molar-refractivity contribution in [1.82, 2.24) is 9.80 Å². The molecule has 4 nitrogen and oxygen atoms in total. The van der Waals surface area contributed by atoms with Crippen molar-refractivity contribution in [3.05, 3.63) is 35.4 Å². The molecule has 0 amide bonds. The minimum Gasteiger partial charge on any atom is -0.380 e. The summed E-state index contributed by atoms with van der Waals surface area (Å²) in [6.07, 6.45) is 1.19. The van der Waals surface area contributed by atoms with E-state index in [1.807, 2.05) is 0 Å². The molecule has 0 radical (unpaired) electrons. The summed E-state index contributed by atoms with van der Waals surface area (Å²) >= 11 is 0. The first-order valence-electron chi connectivity index (χ1n) is 7.91. The minimum atomic E-state index is 0.323. The van der Waals surface area contributed by atoms with E-state index in [9.17, 15) is 0 Å². The van der Waals surface area contributed by atoms with Gasteiger partial charge in [0.25, 0.3) is 0 Å². The fourth-order valence-corrected chi connectivity index (χ4v) is 3.19. The van der Waals surface area contributed by atoms with Crippen LogP contribution in [0.15, 0.2) is 24.3 Å².